The SMILES string of the molecule is O=C(NCCc1cccnc1)c1ccc(Cl)cc1Cl. The van der Waals surface area contributed by atoms with Crippen LogP contribution in [0.4, 0.5) is 0 Å². The van der Waals surface area contributed by atoms with Crippen molar-refractivity contribution < 1.29 is 4.79 Å². The van der Waals surface area contributed by atoms with E-state index in [4.69, 9.17) is 23.2 Å². The molecule has 3 nitrogen and oxygen atoms in total. The first kappa shape index (κ1) is 13.8. The van der Waals surface area contributed by atoms with E-state index in [1.165, 1.54) is 0 Å². The molecule has 0 bridgehead atoms. The predicted molar refractivity (Wildman–Crippen MR) is 76.7 cm³/mol. The van der Waals surface area contributed by atoms with Gasteiger partial charge in [0, 0.05) is 24.0 Å². The summed E-state index contributed by atoms with van der Waals surface area (Å²) in [5.41, 5.74) is 1.50. The van der Waals surface area contributed by atoms with Gasteiger partial charge in [0.1, 0.15) is 0 Å². The minimum Gasteiger partial charge on any atom is -0.352 e. The molecule has 1 amide bonds. The molecule has 0 saturated heterocycles. The number of benzene rings is 1. The number of nitrogens with zero attached hydrogens (tertiary/aromatic N) is 1. The van der Waals surface area contributed by atoms with E-state index in [-0.39, 0.29) is 5.91 Å². The number of hydrogen-bond donors (Lipinski definition) is 1. The molecule has 5 heteroatoms. The van der Waals surface area contributed by atoms with E-state index in [9.17, 15) is 4.79 Å². The maximum absolute atomic E-state index is 11.9. The zero-order valence-corrected chi connectivity index (χ0v) is 11.6. The third kappa shape index (κ3) is 3.94. The van der Waals surface area contributed by atoms with Gasteiger partial charge in [0.05, 0.1) is 10.6 Å². The van der Waals surface area contributed by atoms with Crippen molar-refractivity contribution in [3.8, 4) is 0 Å². The van der Waals surface area contributed by atoms with Crippen LogP contribution in [0, 0.1) is 0 Å². The highest BCUT2D eigenvalue weighted by atomic mass is 35.5. The number of carbonyl (C=O) groups is 1. The molecule has 0 aliphatic heterocycles. The Morgan fingerprint density at radius 3 is 2.79 bits per heavy atom. The Morgan fingerprint density at radius 1 is 1.26 bits per heavy atom. The molecule has 1 N–H and O–H groups in total. The average molecular weight is 295 g/mol. The molecule has 1 aromatic carbocycles. The van der Waals surface area contributed by atoms with E-state index in [0.717, 1.165) is 12.0 Å². The van der Waals surface area contributed by atoms with Crippen molar-refractivity contribution in [3.05, 3.63) is 63.9 Å². The second-order valence-corrected chi connectivity index (χ2v) is 4.83. The Labute approximate surface area is 121 Å². The average Bonchev–Trinajstić information content (AvgIpc) is 2.39. The van der Waals surface area contributed by atoms with Crippen molar-refractivity contribution in [2.75, 3.05) is 6.54 Å². The van der Waals surface area contributed by atoms with Crippen LogP contribution in [0.3, 0.4) is 0 Å². The smallest absolute Gasteiger partial charge is 0.252 e. The number of amides is 1. The zero-order valence-electron chi connectivity index (χ0n) is 10.1. The Bertz CT molecular complexity index is 573. The lowest BCUT2D eigenvalue weighted by molar-refractivity contribution is 0.0954. The lowest BCUT2D eigenvalue weighted by Gasteiger charge is -2.07. The van der Waals surface area contributed by atoms with E-state index in [0.29, 0.717) is 22.2 Å². The minimum absolute atomic E-state index is 0.203. The maximum Gasteiger partial charge on any atom is 0.252 e. The number of nitrogens with one attached hydrogen (secondary N) is 1. The van der Waals surface area contributed by atoms with Crippen molar-refractivity contribution in [1.29, 1.82) is 0 Å². The topological polar surface area (TPSA) is 42.0 Å². The summed E-state index contributed by atoms with van der Waals surface area (Å²) >= 11 is 11.7. The summed E-state index contributed by atoms with van der Waals surface area (Å²) in [4.78, 5) is 15.9. The molecule has 0 fully saturated rings. The van der Waals surface area contributed by atoms with Crippen LogP contribution in [0.25, 0.3) is 0 Å². The highest BCUT2D eigenvalue weighted by molar-refractivity contribution is 6.36. The quantitative estimate of drug-likeness (QED) is 0.939. The number of halogens is 2. The van der Waals surface area contributed by atoms with Crippen molar-refractivity contribution in [2.24, 2.45) is 0 Å². The van der Waals surface area contributed by atoms with Crippen LogP contribution >= 0.6 is 23.2 Å². The van der Waals surface area contributed by atoms with Gasteiger partial charge in [0.2, 0.25) is 0 Å². The maximum atomic E-state index is 11.9. The molecule has 19 heavy (non-hydrogen) atoms. The Hall–Kier alpha value is -1.58. The van der Waals surface area contributed by atoms with Gasteiger partial charge in [-0.2, -0.15) is 0 Å². The summed E-state index contributed by atoms with van der Waals surface area (Å²) in [6.45, 7) is 0.531. The molecular formula is C14H12Cl2N2O. The number of aromatic nitrogens is 1. The highest BCUT2D eigenvalue weighted by Gasteiger charge is 2.09. The lowest BCUT2D eigenvalue weighted by Crippen LogP contribution is -2.25. The molecule has 0 aliphatic carbocycles. The molecule has 0 spiro atoms. The fourth-order valence-electron chi connectivity index (χ4n) is 1.64. The molecule has 0 atom stereocenters. The van der Waals surface area contributed by atoms with E-state index < -0.39 is 0 Å². The van der Waals surface area contributed by atoms with Crippen LogP contribution in [0.1, 0.15) is 15.9 Å². The summed E-state index contributed by atoms with van der Waals surface area (Å²) in [5, 5.41) is 3.68. The number of pyridine rings is 1. The number of carbonyl (C=O) groups excluding carboxylic acids is 1. The number of rotatable bonds is 4. The van der Waals surface area contributed by atoms with Gasteiger partial charge < -0.3 is 5.32 Å². The van der Waals surface area contributed by atoms with Crippen molar-refractivity contribution >= 4 is 29.1 Å². The Balaban J connectivity index is 1.91. The summed E-state index contributed by atoms with van der Waals surface area (Å²) in [5.74, 6) is -0.203. The molecule has 2 aromatic rings. The standard InChI is InChI=1S/C14H12Cl2N2O/c15-11-3-4-12(13(16)8-11)14(19)18-7-5-10-2-1-6-17-9-10/h1-4,6,8-9H,5,7H2,(H,18,19). The van der Waals surface area contributed by atoms with E-state index >= 15 is 0 Å². The molecule has 1 heterocycles. The molecular weight excluding hydrogens is 283 g/mol. The Kier molecular flexibility index (Phi) is 4.77. The third-order valence-corrected chi connectivity index (χ3v) is 3.15. The largest absolute Gasteiger partial charge is 0.352 e. The summed E-state index contributed by atoms with van der Waals surface area (Å²) in [6.07, 6.45) is 4.22. The molecule has 2 rings (SSSR count). The minimum atomic E-state index is -0.203. The van der Waals surface area contributed by atoms with Crippen molar-refractivity contribution in [3.63, 3.8) is 0 Å². The fourth-order valence-corrected chi connectivity index (χ4v) is 2.13. The van der Waals surface area contributed by atoms with Gasteiger partial charge in [-0.1, -0.05) is 29.3 Å². The summed E-state index contributed by atoms with van der Waals surface area (Å²) in [7, 11) is 0. The zero-order chi connectivity index (χ0) is 13.7. The van der Waals surface area contributed by atoms with E-state index in [2.05, 4.69) is 10.3 Å². The second kappa shape index (κ2) is 6.55. The van der Waals surface area contributed by atoms with Crippen LogP contribution in [0.5, 0.6) is 0 Å². The van der Waals surface area contributed by atoms with Gasteiger partial charge >= 0.3 is 0 Å². The normalized spacial score (nSPS) is 10.2. The van der Waals surface area contributed by atoms with Gasteiger partial charge in [-0.05, 0) is 36.2 Å². The molecule has 98 valence electrons. The van der Waals surface area contributed by atoms with Crippen LogP contribution < -0.4 is 5.32 Å². The molecule has 0 unspecified atom stereocenters. The first-order chi connectivity index (χ1) is 9.16. The summed E-state index contributed by atoms with van der Waals surface area (Å²) in [6, 6.07) is 8.65. The van der Waals surface area contributed by atoms with Gasteiger partial charge in [-0.3, -0.25) is 9.78 Å². The van der Waals surface area contributed by atoms with Crippen LogP contribution in [-0.4, -0.2) is 17.4 Å². The van der Waals surface area contributed by atoms with E-state index in [1.807, 2.05) is 12.1 Å². The van der Waals surface area contributed by atoms with E-state index in [1.54, 1.807) is 30.6 Å². The molecule has 0 saturated carbocycles. The molecule has 0 radical (unpaired) electrons. The van der Waals surface area contributed by atoms with Crippen molar-refractivity contribution in [2.45, 2.75) is 6.42 Å². The van der Waals surface area contributed by atoms with Crippen LogP contribution in [0.2, 0.25) is 10.0 Å². The highest BCUT2D eigenvalue weighted by Crippen LogP contribution is 2.20. The van der Waals surface area contributed by atoms with Gasteiger partial charge in [0.25, 0.3) is 5.91 Å². The molecule has 1 aromatic heterocycles. The first-order valence-electron chi connectivity index (χ1n) is 5.79. The van der Waals surface area contributed by atoms with Gasteiger partial charge in [-0.25, -0.2) is 0 Å². The summed E-state index contributed by atoms with van der Waals surface area (Å²) < 4.78 is 0. The Morgan fingerprint density at radius 2 is 2.11 bits per heavy atom. The van der Waals surface area contributed by atoms with Gasteiger partial charge in [0.15, 0.2) is 0 Å². The number of hydrogen-bond acceptors (Lipinski definition) is 2. The van der Waals surface area contributed by atoms with Crippen LogP contribution in [0.15, 0.2) is 42.7 Å². The lowest BCUT2D eigenvalue weighted by atomic mass is 10.2. The first-order valence-corrected chi connectivity index (χ1v) is 6.54. The van der Waals surface area contributed by atoms with Crippen LogP contribution in [-0.2, 0) is 6.42 Å². The monoisotopic (exact) mass is 294 g/mol. The van der Waals surface area contributed by atoms with Crippen molar-refractivity contribution in [1.82, 2.24) is 10.3 Å². The fraction of sp³-hybridized carbons (Fsp3) is 0.143. The van der Waals surface area contributed by atoms with Gasteiger partial charge in [-0.15, -0.1) is 0 Å². The third-order valence-electron chi connectivity index (χ3n) is 2.60. The molecule has 0 aliphatic rings. The predicted octanol–water partition coefficient (Wildman–Crippen LogP) is 3.36. The second-order valence-electron chi connectivity index (χ2n) is 3.99.